The van der Waals surface area contributed by atoms with Crippen molar-refractivity contribution in [2.45, 2.75) is 39.7 Å². The van der Waals surface area contributed by atoms with E-state index in [1.807, 2.05) is 37.3 Å². The molecule has 29 heavy (non-hydrogen) atoms. The third-order valence-electron chi connectivity index (χ3n) is 4.91. The van der Waals surface area contributed by atoms with Crippen molar-refractivity contribution in [1.29, 1.82) is 0 Å². The first-order valence-electron chi connectivity index (χ1n) is 9.79. The van der Waals surface area contributed by atoms with Gasteiger partial charge in [0.15, 0.2) is 0 Å². The predicted molar refractivity (Wildman–Crippen MR) is 112 cm³/mol. The smallest absolute Gasteiger partial charge is 0.227 e. The highest BCUT2D eigenvalue weighted by Crippen LogP contribution is 2.22. The van der Waals surface area contributed by atoms with Crippen LogP contribution in [-0.2, 0) is 24.2 Å². The number of nitrogens with zero attached hydrogens (tertiary/aromatic N) is 3. The molecule has 0 bridgehead atoms. The Kier molecular flexibility index (Phi) is 6.65. The van der Waals surface area contributed by atoms with Gasteiger partial charge in [-0.3, -0.25) is 4.79 Å². The Hall–Kier alpha value is -3.15. The molecule has 1 aromatic heterocycles. The summed E-state index contributed by atoms with van der Waals surface area (Å²) in [4.78, 5) is 18.7. The molecule has 2 aromatic carbocycles. The summed E-state index contributed by atoms with van der Waals surface area (Å²) in [7, 11) is 3.43. The van der Waals surface area contributed by atoms with Crippen LogP contribution in [0, 0.1) is 6.92 Å². The molecule has 6 heteroatoms. The van der Waals surface area contributed by atoms with Crippen molar-refractivity contribution in [3.63, 3.8) is 0 Å². The zero-order chi connectivity index (χ0) is 20.8. The van der Waals surface area contributed by atoms with E-state index in [2.05, 4.69) is 29.2 Å². The van der Waals surface area contributed by atoms with Crippen molar-refractivity contribution < 1.29 is 14.1 Å². The van der Waals surface area contributed by atoms with Crippen LogP contribution in [0.4, 0.5) is 0 Å². The van der Waals surface area contributed by atoms with E-state index >= 15 is 0 Å². The fourth-order valence-corrected chi connectivity index (χ4v) is 3.14. The number of hydrogen-bond acceptors (Lipinski definition) is 5. The molecule has 3 aromatic rings. The molecule has 0 aliphatic heterocycles. The molecule has 0 N–H and O–H groups in total. The first-order valence-corrected chi connectivity index (χ1v) is 9.79. The van der Waals surface area contributed by atoms with E-state index in [4.69, 9.17) is 9.26 Å². The average Bonchev–Trinajstić information content (AvgIpc) is 3.21. The fraction of sp³-hybridized carbons (Fsp3) is 0.348. The molecule has 0 saturated heterocycles. The standard InChI is InChI=1S/C23H27N3O3/c1-5-17-7-9-18(10-8-17)23-24-21(29-25-23)12-13-22(27)26(3)15-19-14-16(2)6-11-20(19)28-4/h6-11,14H,5,12-13,15H2,1-4H3. The van der Waals surface area contributed by atoms with Crippen molar-refractivity contribution in [2.24, 2.45) is 0 Å². The molecule has 6 nitrogen and oxygen atoms in total. The Balaban J connectivity index is 1.58. The van der Waals surface area contributed by atoms with E-state index in [1.165, 1.54) is 5.56 Å². The quantitative estimate of drug-likeness (QED) is 0.573. The third-order valence-corrected chi connectivity index (χ3v) is 4.91. The summed E-state index contributed by atoms with van der Waals surface area (Å²) in [6.07, 6.45) is 1.71. The minimum absolute atomic E-state index is 0.0145. The highest BCUT2D eigenvalue weighted by Gasteiger charge is 2.15. The maximum atomic E-state index is 12.5. The summed E-state index contributed by atoms with van der Waals surface area (Å²) in [5.41, 5.74) is 4.29. The number of ether oxygens (including phenoxy) is 1. The Labute approximate surface area is 171 Å². The Bertz CT molecular complexity index is 964. The van der Waals surface area contributed by atoms with Gasteiger partial charge in [-0.1, -0.05) is 54.0 Å². The normalized spacial score (nSPS) is 10.8. The molecule has 0 spiro atoms. The molecule has 3 rings (SSSR count). The molecule has 0 radical (unpaired) electrons. The molecule has 0 atom stereocenters. The SMILES string of the molecule is CCc1ccc(-c2noc(CCC(=O)N(C)Cc3cc(C)ccc3OC)n2)cc1. The van der Waals surface area contributed by atoms with Crippen LogP contribution in [0.15, 0.2) is 47.0 Å². The molecule has 0 aliphatic rings. The number of aromatic nitrogens is 2. The van der Waals surface area contributed by atoms with Gasteiger partial charge in [0.2, 0.25) is 17.6 Å². The number of carbonyl (C=O) groups excluding carboxylic acids is 1. The number of benzene rings is 2. The van der Waals surface area contributed by atoms with E-state index in [0.717, 1.165) is 28.9 Å². The minimum atomic E-state index is 0.0145. The molecule has 1 amide bonds. The summed E-state index contributed by atoms with van der Waals surface area (Å²) in [6, 6.07) is 14.1. The van der Waals surface area contributed by atoms with Crippen LogP contribution < -0.4 is 4.74 Å². The number of methoxy groups -OCH3 is 1. The Morgan fingerprint density at radius 2 is 1.93 bits per heavy atom. The van der Waals surface area contributed by atoms with Crippen LogP contribution in [0.1, 0.15) is 35.9 Å². The lowest BCUT2D eigenvalue weighted by atomic mass is 10.1. The van der Waals surface area contributed by atoms with Crippen LogP contribution in [0.25, 0.3) is 11.4 Å². The second-order valence-corrected chi connectivity index (χ2v) is 7.13. The van der Waals surface area contributed by atoms with Crippen molar-refractivity contribution >= 4 is 5.91 Å². The number of carbonyl (C=O) groups is 1. The van der Waals surface area contributed by atoms with Crippen molar-refractivity contribution in [1.82, 2.24) is 15.0 Å². The van der Waals surface area contributed by atoms with Gasteiger partial charge in [-0.2, -0.15) is 4.98 Å². The van der Waals surface area contributed by atoms with Crippen molar-refractivity contribution in [3.8, 4) is 17.1 Å². The molecule has 0 saturated carbocycles. The summed E-state index contributed by atoms with van der Waals surface area (Å²) in [5, 5.41) is 4.04. The zero-order valence-corrected chi connectivity index (χ0v) is 17.4. The van der Waals surface area contributed by atoms with Crippen molar-refractivity contribution in [3.05, 3.63) is 65.0 Å². The lowest BCUT2D eigenvalue weighted by molar-refractivity contribution is -0.130. The van der Waals surface area contributed by atoms with Crippen molar-refractivity contribution in [2.75, 3.05) is 14.2 Å². The lowest BCUT2D eigenvalue weighted by Gasteiger charge is -2.19. The maximum Gasteiger partial charge on any atom is 0.227 e. The number of aryl methyl sites for hydroxylation is 3. The van der Waals surface area contributed by atoms with Gasteiger partial charge in [0, 0.05) is 37.6 Å². The van der Waals surface area contributed by atoms with Gasteiger partial charge in [-0.25, -0.2) is 0 Å². The second-order valence-electron chi connectivity index (χ2n) is 7.13. The van der Waals surface area contributed by atoms with E-state index in [-0.39, 0.29) is 5.91 Å². The second kappa shape index (κ2) is 9.37. The summed E-state index contributed by atoms with van der Waals surface area (Å²) in [5.74, 6) is 1.81. The van der Waals surface area contributed by atoms with Gasteiger partial charge in [-0.05, 0) is 25.0 Å². The fourth-order valence-electron chi connectivity index (χ4n) is 3.14. The summed E-state index contributed by atoms with van der Waals surface area (Å²) in [6.45, 7) is 4.63. The highest BCUT2D eigenvalue weighted by molar-refractivity contribution is 5.76. The average molecular weight is 393 g/mol. The minimum Gasteiger partial charge on any atom is -0.496 e. The van der Waals surface area contributed by atoms with Gasteiger partial charge in [-0.15, -0.1) is 0 Å². The van der Waals surface area contributed by atoms with E-state index in [1.54, 1.807) is 19.1 Å². The summed E-state index contributed by atoms with van der Waals surface area (Å²) < 4.78 is 10.7. The topological polar surface area (TPSA) is 68.5 Å². The summed E-state index contributed by atoms with van der Waals surface area (Å²) >= 11 is 0. The number of hydrogen-bond donors (Lipinski definition) is 0. The largest absolute Gasteiger partial charge is 0.496 e. The lowest BCUT2D eigenvalue weighted by Crippen LogP contribution is -2.26. The van der Waals surface area contributed by atoms with Gasteiger partial charge >= 0.3 is 0 Å². The van der Waals surface area contributed by atoms with Crippen LogP contribution in [0.2, 0.25) is 0 Å². The van der Waals surface area contributed by atoms with Crippen LogP contribution in [-0.4, -0.2) is 35.1 Å². The molecule has 0 fully saturated rings. The molecule has 0 aliphatic carbocycles. The van der Waals surface area contributed by atoms with E-state index in [9.17, 15) is 4.79 Å². The first-order chi connectivity index (χ1) is 14.0. The van der Waals surface area contributed by atoms with Gasteiger partial charge in [0.1, 0.15) is 5.75 Å². The zero-order valence-electron chi connectivity index (χ0n) is 17.4. The molecular formula is C23H27N3O3. The predicted octanol–water partition coefficient (Wildman–Crippen LogP) is 4.21. The van der Waals surface area contributed by atoms with Crippen LogP contribution in [0.5, 0.6) is 5.75 Å². The molecule has 152 valence electrons. The van der Waals surface area contributed by atoms with Gasteiger partial charge < -0.3 is 14.2 Å². The third kappa shape index (κ3) is 5.22. The van der Waals surface area contributed by atoms with E-state index in [0.29, 0.717) is 31.1 Å². The van der Waals surface area contributed by atoms with Crippen LogP contribution >= 0.6 is 0 Å². The maximum absolute atomic E-state index is 12.5. The van der Waals surface area contributed by atoms with Crippen LogP contribution in [0.3, 0.4) is 0 Å². The highest BCUT2D eigenvalue weighted by atomic mass is 16.5. The molecular weight excluding hydrogens is 366 g/mol. The van der Waals surface area contributed by atoms with E-state index < -0.39 is 0 Å². The first kappa shape index (κ1) is 20.6. The molecule has 1 heterocycles. The Morgan fingerprint density at radius 3 is 2.62 bits per heavy atom. The molecule has 0 unspecified atom stereocenters. The number of amides is 1. The van der Waals surface area contributed by atoms with Gasteiger partial charge in [0.25, 0.3) is 0 Å². The monoisotopic (exact) mass is 393 g/mol. The van der Waals surface area contributed by atoms with Gasteiger partial charge in [0.05, 0.1) is 7.11 Å². The number of rotatable bonds is 8. The Morgan fingerprint density at radius 1 is 1.17 bits per heavy atom.